The van der Waals surface area contributed by atoms with Gasteiger partial charge in [0.15, 0.2) is 0 Å². The Morgan fingerprint density at radius 3 is 2.31 bits per heavy atom. The van der Waals surface area contributed by atoms with E-state index in [1.54, 1.807) is 0 Å². The van der Waals surface area contributed by atoms with Crippen LogP contribution in [0.2, 0.25) is 0 Å². The number of hydrogen-bond acceptors (Lipinski definition) is 2. The molecule has 0 radical (unpaired) electrons. The van der Waals surface area contributed by atoms with Gasteiger partial charge in [-0.2, -0.15) is 0 Å². The molecule has 0 fully saturated rings. The second-order valence-electron chi connectivity index (χ2n) is 2.89. The fraction of sp³-hybridized carbons (Fsp3) is 0.333. The molecule has 0 aliphatic carbocycles. The number of para-hydroxylation sites is 1. The summed E-state index contributed by atoms with van der Waals surface area (Å²) in [6.07, 6.45) is -8.07. The minimum Gasteiger partial charge on any atom is -0.405 e. The van der Waals surface area contributed by atoms with Gasteiger partial charge in [-0.1, -0.05) is 12.1 Å². The zero-order valence-corrected chi connectivity index (χ0v) is 7.89. The Labute approximate surface area is 87.8 Å². The van der Waals surface area contributed by atoms with Crippen molar-refractivity contribution in [1.82, 2.24) is 0 Å². The lowest BCUT2D eigenvalue weighted by Crippen LogP contribution is -2.20. The van der Waals surface area contributed by atoms with Crippen LogP contribution in [0.4, 0.5) is 22.0 Å². The minimum atomic E-state index is -5.02. The van der Waals surface area contributed by atoms with Crippen molar-refractivity contribution in [1.29, 1.82) is 0 Å². The summed E-state index contributed by atoms with van der Waals surface area (Å²) in [7, 11) is 0. The van der Waals surface area contributed by atoms with Crippen molar-refractivity contribution in [2.24, 2.45) is 5.73 Å². The molecule has 0 unspecified atom stereocenters. The zero-order valence-electron chi connectivity index (χ0n) is 7.89. The van der Waals surface area contributed by atoms with E-state index >= 15 is 0 Å². The van der Waals surface area contributed by atoms with Gasteiger partial charge in [-0.25, -0.2) is 8.78 Å². The van der Waals surface area contributed by atoms with Crippen molar-refractivity contribution in [2.75, 3.05) is 0 Å². The third kappa shape index (κ3) is 3.06. The maximum atomic E-state index is 12.4. The molecule has 16 heavy (non-hydrogen) atoms. The van der Waals surface area contributed by atoms with Gasteiger partial charge in [0.25, 0.3) is 6.43 Å². The van der Waals surface area contributed by atoms with Crippen molar-refractivity contribution in [3.8, 4) is 5.75 Å². The summed E-state index contributed by atoms with van der Waals surface area (Å²) in [5.41, 5.74) is 4.21. The highest BCUT2D eigenvalue weighted by Gasteiger charge is 2.34. The smallest absolute Gasteiger partial charge is 0.405 e. The van der Waals surface area contributed by atoms with Crippen LogP contribution < -0.4 is 10.5 Å². The Hall–Kier alpha value is -1.37. The van der Waals surface area contributed by atoms with E-state index in [0.717, 1.165) is 6.07 Å². The maximum Gasteiger partial charge on any atom is 0.573 e. The molecule has 0 saturated heterocycles. The van der Waals surface area contributed by atoms with E-state index in [4.69, 9.17) is 5.73 Å². The van der Waals surface area contributed by atoms with Crippen molar-refractivity contribution in [2.45, 2.75) is 19.3 Å². The molecule has 1 aromatic rings. The van der Waals surface area contributed by atoms with Gasteiger partial charge in [0.1, 0.15) is 5.75 Å². The van der Waals surface area contributed by atoms with E-state index in [1.165, 1.54) is 12.1 Å². The van der Waals surface area contributed by atoms with Crippen LogP contribution in [0.15, 0.2) is 18.2 Å². The molecule has 0 heterocycles. The highest BCUT2D eigenvalue weighted by atomic mass is 19.4. The van der Waals surface area contributed by atoms with E-state index in [0.29, 0.717) is 0 Å². The third-order valence-electron chi connectivity index (χ3n) is 1.80. The SMILES string of the molecule is NCc1cccc(C(F)F)c1OC(F)(F)F. The van der Waals surface area contributed by atoms with Gasteiger partial charge in [0, 0.05) is 12.1 Å². The van der Waals surface area contributed by atoms with Crippen LogP contribution in [0.25, 0.3) is 0 Å². The van der Waals surface area contributed by atoms with E-state index in [1.807, 2.05) is 0 Å². The monoisotopic (exact) mass is 241 g/mol. The van der Waals surface area contributed by atoms with E-state index in [-0.39, 0.29) is 12.1 Å². The number of nitrogens with two attached hydrogens (primary N) is 1. The van der Waals surface area contributed by atoms with Crippen LogP contribution >= 0.6 is 0 Å². The first-order valence-corrected chi connectivity index (χ1v) is 4.21. The summed E-state index contributed by atoms with van der Waals surface area (Å²) in [6.45, 7) is -0.314. The molecule has 0 aliphatic rings. The van der Waals surface area contributed by atoms with Gasteiger partial charge in [-0.3, -0.25) is 0 Å². The van der Waals surface area contributed by atoms with E-state index in [9.17, 15) is 22.0 Å². The quantitative estimate of drug-likeness (QED) is 0.825. The van der Waals surface area contributed by atoms with Crippen LogP contribution in [0.3, 0.4) is 0 Å². The lowest BCUT2D eigenvalue weighted by atomic mass is 10.1. The summed E-state index contributed by atoms with van der Waals surface area (Å²) < 4.78 is 64.4. The predicted molar refractivity (Wildman–Crippen MR) is 46.0 cm³/mol. The van der Waals surface area contributed by atoms with E-state index in [2.05, 4.69) is 4.74 Å². The van der Waals surface area contributed by atoms with Gasteiger partial charge in [-0.15, -0.1) is 13.2 Å². The molecule has 7 heteroatoms. The first-order chi connectivity index (χ1) is 7.35. The lowest BCUT2D eigenvalue weighted by molar-refractivity contribution is -0.275. The highest BCUT2D eigenvalue weighted by molar-refractivity contribution is 5.42. The third-order valence-corrected chi connectivity index (χ3v) is 1.80. The number of hydrogen-bond donors (Lipinski definition) is 1. The van der Waals surface area contributed by atoms with Crippen LogP contribution in [-0.4, -0.2) is 6.36 Å². The molecule has 0 amide bonds. The molecule has 2 nitrogen and oxygen atoms in total. The van der Waals surface area contributed by atoms with Crippen molar-refractivity contribution in [3.63, 3.8) is 0 Å². The van der Waals surface area contributed by atoms with Crippen molar-refractivity contribution < 1.29 is 26.7 Å². The Bertz CT molecular complexity index is 363. The molecule has 90 valence electrons. The summed E-state index contributed by atoms with van der Waals surface area (Å²) >= 11 is 0. The van der Waals surface area contributed by atoms with Crippen molar-refractivity contribution in [3.05, 3.63) is 29.3 Å². The maximum absolute atomic E-state index is 12.4. The Kier molecular flexibility index (Phi) is 3.69. The van der Waals surface area contributed by atoms with Crippen LogP contribution in [0.1, 0.15) is 17.6 Å². The van der Waals surface area contributed by atoms with Crippen molar-refractivity contribution >= 4 is 0 Å². The summed E-state index contributed by atoms with van der Waals surface area (Å²) in [6, 6.07) is 3.27. The van der Waals surface area contributed by atoms with Gasteiger partial charge in [-0.05, 0) is 6.07 Å². The average molecular weight is 241 g/mol. The minimum absolute atomic E-state index is 0.116. The number of ether oxygens (including phenoxy) is 1. The fourth-order valence-corrected chi connectivity index (χ4v) is 1.18. The van der Waals surface area contributed by atoms with Gasteiger partial charge in [0.05, 0.1) is 5.56 Å². The largest absolute Gasteiger partial charge is 0.573 e. The standard InChI is InChI=1S/C9H8F5NO/c10-8(11)6-3-1-2-5(4-15)7(6)16-9(12,13)14/h1-3,8H,4,15H2. The Morgan fingerprint density at radius 1 is 1.25 bits per heavy atom. The Balaban J connectivity index is 3.20. The number of benzene rings is 1. The molecule has 0 saturated carbocycles. The molecule has 0 aromatic heterocycles. The second kappa shape index (κ2) is 4.65. The summed E-state index contributed by atoms with van der Waals surface area (Å²) in [4.78, 5) is 0. The summed E-state index contributed by atoms with van der Waals surface area (Å²) in [5.74, 6) is -0.910. The molecule has 2 N–H and O–H groups in total. The second-order valence-corrected chi connectivity index (χ2v) is 2.89. The summed E-state index contributed by atoms with van der Waals surface area (Å²) in [5, 5.41) is 0. The first-order valence-electron chi connectivity index (χ1n) is 4.21. The first kappa shape index (κ1) is 12.7. The Morgan fingerprint density at radius 2 is 1.88 bits per heavy atom. The molecule has 0 spiro atoms. The molecule has 1 rings (SSSR count). The van der Waals surface area contributed by atoms with E-state index < -0.39 is 24.1 Å². The molecule has 0 aliphatic heterocycles. The molecule has 0 bridgehead atoms. The molecule has 1 aromatic carbocycles. The number of halogens is 5. The molecular formula is C9H8F5NO. The lowest BCUT2D eigenvalue weighted by Gasteiger charge is -2.15. The van der Waals surface area contributed by atoms with Gasteiger partial charge in [0.2, 0.25) is 0 Å². The van der Waals surface area contributed by atoms with Gasteiger partial charge >= 0.3 is 6.36 Å². The number of rotatable bonds is 3. The topological polar surface area (TPSA) is 35.2 Å². The predicted octanol–water partition coefficient (Wildman–Crippen LogP) is 2.98. The van der Waals surface area contributed by atoms with Crippen LogP contribution in [0.5, 0.6) is 5.75 Å². The van der Waals surface area contributed by atoms with Crippen LogP contribution in [0, 0.1) is 0 Å². The van der Waals surface area contributed by atoms with Gasteiger partial charge < -0.3 is 10.5 Å². The van der Waals surface area contributed by atoms with Crippen LogP contribution in [-0.2, 0) is 6.54 Å². The normalized spacial score (nSPS) is 11.9. The number of alkyl halides is 5. The zero-order chi connectivity index (χ0) is 12.3. The average Bonchev–Trinajstić information content (AvgIpc) is 2.15. The molecule has 0 atom stereocenters. The molecular weight excluding hydrogens is 233 g/mol. The highest BCUT2D eigenvalue weighted by Crippen LogP contribution is 2.35. The fourth-order valence-electron chi connectivity index (χ4n) is 1.18.